The van der Waals surface area contributed by atoms with Crippen LogP contribution in [0.1, 0.15) is 32.1 Å². The molecular weight excluding hydrogens is 232 g/mol. The summed E-state index contributed by atoms with van der Waals surface area (Å²) in [5.41, 5.74) is 5.43. The lowest BCUT2D eigenvalue weighted by molar-refractivity contribution is -0.130. The Kier molecular flexibility index (Phi) is 7.23. The Morgan fingerprint density at radius 1 is 1.11 bits per heavy atom. The SMILES string of the molecule is COC1CN(C(=O)CCCCCCN)CC1OC. The fraction of sp³-hybridized carbons (Fsp3) is 0.923. The number of carbonyl (C=O) groups is 1. The van der Waals surface area contributed by atoms with E-state index in [2.05, 4.69) is 0 Å². The van der Waals surface area contributed by atoms with Gasteiger partial charge in [0.05, 0.1) is 0 Å². The van der Waals surface area contributed by atoms with Gasteiger partial charge in [-0.25, -0.2) is 0 Å². The first kappa shape index (κ1) is 15.4. The van der Waals surface area contributed by atoms with Gasteiger partial charge in [-0.05, 0) is 19.4 Å². The summed E-state index contributed by atoms with van der Waals surface area (Å²) in [6.07, 6.45) is 4.84. The average Bonchev–Trinajstić information content (AvgIpc) is 2.81. The quantitative estimate of drug-likeness (QED) is 0.653. The number of rotatable bonds is 8. The van der Waals surface area contributed by atoms with Crippen molar-refractivity contribution in [1.82, 2.24) is 4.90 Å². The minimum atomic E-state index is 0.0104. The lowest BCUT2D eigenvalue weighted by atomic mass is 10.1. The molecule has 1 rings (SSSR count). The number of ether oxygens (including phenoxy) is 2. The summed E-state index contributed by atoms with van der Waals surface area (Å²) in [5, 5.41) is 0. The van der Waals surface area contributed by atoms with Crippen LogP contribution in [0.4, 0.5) is 0 Å². The molecule has 1 amide bonds. The average molecular weight is 258 g/mol. The standard InChI is InChI=1S/C13H26N2O3/c1-17-11-9-15(10-12(11)18-2)13(16)7-5-3-4-6-8-14/h11-12H,3-10,14H2,1-2H3. The van der Waals surface area contributed by atoms with Gasteiger partial charge >= 0.3 is 0 Å². The lowest BCUT2D eigenvalue weighted by Gasteiger charge is -2.15. The Labute approximate surface area is 110 Å². The molecule has 0 radical (unpaired) electrons. The van der Waals surface area contributed by atoms with Crippen LogP contribution in [0.3, 0.4) is 0 Å². The van der Waals surface area contributed by atoms with Crippen LogP contribution >= 0.6 is 0 Å². The number of nitrogens with two attached hydrogens (primary N) is 1. The maximum absolute atomic E-state index is 12.0. The highest BCUT2D eigenvalue weighted by Gasteiger charge is 2.34. The van der Waals surface area contributed by atoms with E-state index >= 15 is 0 Å². The first-order valence-electron chi connectivity index (χ1n) is 6.76. The second-order valence-electron chi connectivity index (χ2n) is 4.80. The second-order valence-corrected chi connectivity index (χ2v) is 4.80. The number of amides is 1. The van der Waals surface area contributed by atoms with Crippen molar-refractivity contribution in [3.63, 3.8) is 0 Å². The number of likely N-dealkylation sites (tertiary alicyclic amines) is 1. The van der Waals surface area contributed by atoms with Crippen molar-refractivity contribution in [3.05, 3.63) is 0 Å². The largest absolute Gasteiger partial charge is 0.377 e. The maximum Gasteiger partial charge on any atom is 0.222 e. The molecule has 5 nitrogen and oxygen atoms in total. The van der Waals surface area contributed by atoms with Crippen molar-refractivity contribution in [3.8, 4) is 0 Å². The van der Waals surface area contributed by atoms with Gasteiger partial charge in [0.1, 0.15) is 12.2 Å². The first-order chi connectivity index (χ1) is 8.72. The summed E-state index contributed by atoms with van der Waals surface area (Å²) in [6.45, 7) is 2.04. The van der Waals surface area contributed by atoms with Crippen LogP contribution < -0.4 is 5.73 Å². The zero-order valence-electron chi connectivity index (χ0n) is 11.6. The van der Waals surface area contributed by atoms with Crippen LogP contribution in [0.5, 0.6) is 0 Å². The van der Waals surface area contributed by atoms with Gasteiger partial charge < -0.3 is 20.1 Å². The molecule has 106 valence electrons. The van der Waals surface area contributed by atoms with Gasteiger partial charge in [0.15, 0.2) is 0 Å². The van der Waals surface area contributed by atoms with Gasteiger partial charge in [0.25, 0.3) is 0 Å². The lowest BCUT2D eigenvalue weighted by Crippen LogP contribution is -2.29. The van der Waals surface area contributed by atoms with Gasteiger partial charge in [-0.3, -0.25) is 4.79 Å². The molecule has 0 spiro atoms. The minimum absolute atomic E-state index is 0.0104. The Morgan fingerprint density at radius 2 is 1.67 bits per heavy atom. The van der Waals surface area contributed by atoms with E-state index in [4.69, 9.17) is 15.2 Å². The third-order valence-electron chi connectivity index (χ3n) is 3.52. The van der Waals surface area contributed by atoms with E-state index in [0.717, 1.165) is 32.2 Å². The van der Waals surface area contributed by atoms with Gasteiger partial charge in [-0.1, -0.05) is 12.8 Å². The molecule has 0 aromatic heterocycles. The maximum atomic E-state index is 12.0. The summed E-state index contributed by atoms with van der Waals surface area (Å²) in [7, 11) is 3.33. The van der Waals surface area contributed by atoms with Gasteiger partial charge in [0.2, 0.25) is 5.91 Å². The van der Waals surface area contributed by atoms with Crippen LogP contribution in [0.25, 0.3) is 0 Å². The number of hydrogen-bond donors (Lipinski definition) is 1. The number of unbranched alkanes of at least 4 members (excludes halogenated alkanes) is 3. The number of methoxy groups -OCH3 is 2. The Morgan fingerprint density at radius 3 is 2.17 bits per heavy atom. The topological polar surface area (TPSA) is 64.8 Å². The molecule has 1 heterocycles. The highest BCUT2D eigenvalue weighted by Crippen LogP contribution is 2.17. The third-order valence-corrected chi connectivity index (χ3v) is 3.52. The summed E-state index contributed by atoms with van der Waals surface area (Å²) < 4.78 is 10.6. The molecular formula is C13H26N2O3. The Balaban J connectivity index is 2.22. The van der Waals surface area contributed by atoms with Crippen LogP contribution in [0.15, 0.2) is 0 Å². The molecule has 1 aliphatic rings. The van der Waals surface area contributed by atoms with E-state index in [1.54, 1.807) is 14.2 Å². The fourth-order valence-electron chi connectivity index (χ4n) is 2.33. The van der Waals surface area contributed by atoms with E-state index in [-0.39, 0.29) is 18.1 Å². The smallest absolute Gasteiger partial charge is 0.222 e. The zero-order valence-corrected chi connectivity index (χ0v) is 11.6. The van der Waals surface area contributed by atoms with Crippen LogP contribution in [-0.2, 0) is 14.3 Å². The van der Waals surface area contributed by atoms with Crippen molar-refractivity contribution >= 4 is 5.91 Å². The van der Waals surface area contributed by atoms with E-state index in [1.807, 2.05) is 4.90 Å². The molecule has 0 bridgehead atoms. The Bertz CT molecular complexity index is 236. The number of hydrogen-bond acceptors (Lipinski definition) is 4. The molecule has 2 N–H and O–H groups in total. The Hall–Kier alpha value is -0.650. The van der Waals surface area contributed by atoms with Crippen LogP contribution in [-0.4, -0.2) is 56.9 Å². The summed E-state index contributed by atoms with van der Waals surface area (Å²) in [4.78, 5) is 13.8. The molecule has 2 unspecified atom stereocenters. The summed E-state index contributed by atoms with van der Waals surface area (Å²) in [6, 6.07) is 0. The molecule has 1 saturated heterocycles. The first-order valence-corrected chi connectivity index (χ1v) is 6.76. The molecule has 0 aromatic rings. The molecule has 0 aliphatic carbocycles. The normalized spacial score (nSPS) is 23.6. The van der Waals surface area contributed by atoms with E-state index in [0.29, 0.717) is 19.5 Å². The van der Waals surface area contributed by atoms with Crippen LogP contribution in [0.2, 0.25) is 0 Å². The number of carbonyl (C=O) groups excluding carboxylic acids is 1. The van der Waals surface area contributed by atoms with E-state index in [1.165, 1.54) is 0 Å². The summed E-state index contributed by atoms with van der Waals surface area (Å²) >= 11 is 0. The van der Waals surface area contributed by atoms with Crippen molar-refractivity contribution in [2.45, 2.75) is 44.3 Å². The summed E-state index contributed by atoms with van der Waals surface area (Å²) in [5.74, 6) is 0.212. The van der Waals surface area contributed by atoms with Gasteiger partial charge in [-0.2, -0.15) is 0 Å². The zero-order chi connectivity index (χ0) is 13.4. The molecule has 0 aromatic carbocycles. The molecule has 0 saturated carbocycles. The van der Waals surface area contributed by atoms with Crippen molar-refractivity contribution in [1.29, 1.82) is 0 Å². The van der Waals surface area contributed by atoms with Crippen molar-refractivity contribution in [2.75, 3.05) is 33.9 Å². The van der Waals surface area contributed by atoms with Crippen LogP contribution in [0, 0.1) is 0 Å². The number of nitrogens with zero attached hydrogens (tertiary/aromatic N) is 1. The minimum Gasteiger partial charge on any atom is -0.377 e. The predicted octanol–water partition coefficient (Wildman–Crippen LogP) is 0.768. The molecule has 5 heteroatoms. The highest BCUT2D eigenvalue weighted by atomic mass is 16.5. The van der Waals surface area contributed by atoms with Gasteiger partial charge in [0, 0.05) is 33.7 Å². The molecule has 18 heavy (non-hydrogen) atoms. The van der Waals surface area contributed by atoms with E-state index < -0.39 is 0 Å². The fourth-order valence-corrected chi connectivity index (χ4v) is 2.33. The monoisotopic (exact) mass is 258 g/mol. The van der Waals surface area contributed by atoms with Crippen molar-refractivity contribution < 1.29 is 14.3 Å². The molecule has 1 aliphatic heterocycles. The predicted molar refractivity (Wildman–Crippen MR) is 70.3 cm³/mol. The van der Waals surface area contributed by atoms with E-state index in [9.17, 15) is 4.79 Å². The molecule has 1 fully saturated rings. The van der Waals surface area contributed by atoms with Crippen molar-refractivity contribution in [2.24, 2.45) is 5.73 Å². The highest BCUT2D eigenvalue weighted by molar-refractivity contribution is 5.76. The van der Waals surface area contributed by atoms with Gasteiger partial charge in [-0.15, -0.1) is 0 Å². The molecule has 2 atom stereocenters. The third kappa shape index (κ3) is 4.55. The second kappa shape index (κ2) is 8.45.